The van der Waals surface area contributed by atoms with Gasteiger partial charge in [-0.2, -0.15) is 0 Å². The van der Waals surface area contributed by atoms with Gasteiger partial charge in [-0.05, 0) is 5.53 Å². The molecule has 74 valence electrons. The molecule has 0 aromatic rings. The van der Waals surface area contributed by atoms with Crippen LogP contribution in [0.5, 0.6) is 0 Å². The van der Waals surface area contributed by atoms with Gasteiger partial charge in [0.15, 0.2) is 6.29 Å². The number of azide groups is 1. The van der Waals surface area contributed by atoms with Crippen LogP contribution in [-0.4, -0.2) is 48.5 Å². The molecule has 0 aromatic heterocycles. The van der Waals surface area contributed by atoms with Crippen molar-refractivity contribution < 1.29 is 19.7 Å². The number of hydrogen-bond donors (Lipinski definition) is 2. The van der Waals surface area contributed by atoms with Crippen LogP contribution in [-0.2, 0) is 9.47 Å². The molecule has 1 heterocycles. The minimum Gasteiger partial charge on any atom is -0.394 e. The van der Waals surface area contributed by atoms with E-state index in [-0.39, 0.29) is 6.61 Å². The maximum atomic E-state index is 9.45. The molecule has 4 atom stereocenters. The zero-order chi connectivity index (χ0) is 9.84. The standard InChI is InChI=1S/C6H11N3O4/c1-12-6-4(8-9-7)5(11)3(2-10)13-6/h3-6,10-11H,2H2,1H3/t3-,4-,5-,6?/m1/s1. The lowest BCUT2D eigenvalue weighted by Crippen LogP contribution is -2.32. The molecule has 1 rings (SSSR count). The van der Waals surface area contributed by atoms with Crippen LogP contribution in [0.25, 0.3) is 10.4 Å². The third-order valence-electron chi connectivity index (χ3n) is 1.92. The summed E-state index contributed by atoms with van der Waals surface area (Å²) in [7, 11) is 1.37. The van der Waals surface area contributed by atoms with Gasteiger partial charge in [0.2, 0.25) is 0 Å². The highest BCUT2D eigenvalue weighted by Crippen LogP contribution is 2.24. The Morgan fingerprint density at radius 1 is 1.69 bits per heavy atom. The molecule has 13 heavy (non-hydrogen) atoms. The predicted molar refractivity (Wildman–Crippen MR) is 41.7 cm³/mol. The second-order valence-corrected chi connectivity index (χ2v) is 2.65. The van der Waals surface area contributed by atoms with E-state index in [0.29, 0.717) is 0 Å². The molecule has 1 unspecified atom stereocenters. The van der Waals surface area contributed by atoms with E-state index in [1.54, 1.807) is 0 Å². The molecule has 1 fully saturated rings. The fourth-order valence-electron chi connectivity index (χ4n) is 1.24. The monoisotopic (exact) mass is 189 g/mol. The molecular formula is C6H11N3O4. The molecule has 1 aliphatic rings. The second kappa shape index (κ2) is 4.40. The lowest BCUT2D eigenvalue weighted by molar-refractivity contribution is -0.130. The van der Waals surface area contributed by atoms with Crippen molar-refractivity contribution in [3.63, 3.8) is 0 Å². The van der Waals surface area contributed by atoms with Gasteiger partial charge < -0.3 is 19.7 Å². The third kappa shape index (κ3) is 1.90. The number of rotatable bonds is 3. The first kappa shape index (κ1) is 10.2. The Kier molecular flexibility index (Phi) is 3.47. The minimum atomic E-state index is -1.02. The Morgan fingerprint density at radius 2 is 2.38 bits per heavy atom. The summed E-state index contributed by atoms with van der Waals surface area (Å²) in [5.74, 6) is 0. The molecule has 7 heteroatoms. The van der Waals surface area contributed by atoms with Gasteiger partial charge in [-0.25, -0.2) is 0 Å². The van der Waals surface area contributed by atoms with Crippen LogP contribution in [0.4, 0.5) is 0 Å². The van der Waals surface area contributed by atoms with Crippen LogP contribution in [0.1, 0.15) is 0 Å². The number of aliphatic hydroxyl groups is 2. The van der Waals surface area contributed by atoms with E-state index in [1.165, 1.54) is 7.11 Å². The summed E-state index contributed by atoms with van der Waals surface area (Å²) in [4.78, 5) is 2.56. The molecule has 0 bridgehead atoms. The van der Waals surface area contributed by atoms with Crippen LogP contribution in [0, 0.1) is 0 Å². The maximum Gasteiger partial charge on any atom is 0.168 e. The normalized spacial score (nSPS) is 38.7. The summed E-state index contributed by atoms with van der Waals surface area (Å²) in [6.45, 7) is -0.335. The van der Waals surface area contributed by atoms with E-state index < -0.39 is 24.5 Å². The van der Waals surface area contributed by atoms with Crippen molar-refractivity contribution >= 4 is 0 Å². The zero-order valence-corrected chi connectivity index (χ0v) is 7.07. The van der Waals surface area contributed by atoms with Crippen LogP contribution in [0.15, 0.2) is 5.11 Å². The molecule has 7 nitrogen and oxygen atoms in total. The molecule has 0 aliphatic carbocycles. The van der Waals surface area contributed by atoms with E-state index >= 15 is 0 Å². The van der Waals surface area contributed by atoms with Crippen LogP contribution in [0.2, 0.25) is 0 Å². The molecule has 1 aliphatic heterocycles. The zero-order valence-electron chi connectivity index (χ0n) is 7.07. The first-order valence-corrected chi connectivity index (χ1v) is 3.76. The molecule has 0 spiro atoms. The van der Waals surface area contributed by atoms with Gasteiger partial charge in [-0.1, -0.05) is 5.11 Å². The Balaban J connectivity index is 2.73. The quantitative estimate of drug-likeness (QED) is 0.350. The molecule has 2 N–H and O–H groups in total. The minimum absolute atomic E-state index is 0.335. The fourth-order valence-corrected chi connectivity index (χ4v) is 1.24. The van der Waals surface area contributed by atoms with E-state index in [2.05, 4.69) is 10.0 Å². The molecule has 0 amide bonds. The highest BCUT2D eigenvalue weighted by atomic mass is 16.7. The summed E-state index contributed by atoms with van der Waals surface area (Å²) in [6, 6.07) is -0.799. The first-order chi connectivity index (χ1) is 6.24. The summed E-state index contributed by atoms with van der Waals surface area (Å²) in [5, 5.41) is 21.5. The van der Waals surface area contributed by atoms with Crippen LogP contribution in [0.3, 0.4) is 0 Å². The van der Waals surface area contributed by atoms with E-state index in [9.17, 15) is 5.11 Å². The Labute approximate surface area is 74.5 Å². The number of methoxy groups -OCH3 is 1. The van der Waals surface area contributed by atoms with Crippen molar-refractivity contribution in [1.82, 2.24) is 0 Å². The Bertz CT molecular complexity index is 216. The number of aliphatic hydroxyl groups excluding tert-OH is 2. The van der Waals surface area contributed by atoms with Crippen molar-refractivity contribution in [3.05, 3.63) is 10.4 Å². The van der Waals surface area contributed by atoms with E-state index in [4.69, 9.17) is 20.1 Å². The largest absolute Gasteiger partial charge is 0.394 e. The van der Waals surface area contributed by atoms with Crippen molar-refractivity contribution in [2.24, 2.45) is 5.11 Å². The van der Waals surface area contributed by atoms with E-state index in [1.807, 2.05) is 0 Å². The summed E-state index contributed by atoms with van der Waals surface area (Å²) in [6.07, 6.45) is -2.56. The molecule has 1 saturated heterocycles. The number of ether oxygens (including phenoxy) is 2. The average Bonchev–Trinajstić information content (AvgIpc) is 2.45. The van der Waals surface area contributed by atoms with Crippen LogP contribution >= 0.6 is 0 Å². The van der Waals surface area contributed by atoms with Gasteiger partial charge in [-0.15, -0.1) is 0 Å². The Morgan fingerprint density at radius 3 is 2.85 bits per heavy atom. The topological polar surface area (TPSA) is 108 Å². The highest BCUT2D eigenvalue weighted by Gasteiger charge is 2.43. The predicted octanol–water partition coefficient (Wildman–Crippen LogP) is -0.610. The van der Waals surface area contributed by atoms with Gasteiger partial charge in [0, 0.05) is 12.0 Å². The summed E-state index contributed by atoms with van der Waals surface area (Å²) >= 11 is 0. The highest BCUT2D eigenvalue weighted by molar-refractivity contribution is 4.91. The second-order valence-electron chi connectivity index (χ2n) is 2.65. The van der Waals surface area contributed by atoms with Crippen molar-refractivity contribution in [2.75, 3.05) is 13.7 Å². The maximum absolute atomic E-state index is 9.45. The average molecular weight is 189 g/mol. The van der Waals surface area contributed by atoms with Gasteiger partial charge in [0.25, 0.3) is 0 Å². The van der Waals surface area contributed by atoms with Gasteiger partial charge in [0.05, 0.1) is 12.7 Å². The number of nitrogens with zero attached hydrogens (tertiary/aromatic N) is 3. The lowest BCUT2D eigenvalue weighted by Gasteiger charge is -2.12. The van der Waals surface area contributed by atoms with Gasteiger partial charge >= 0.3 is 0 Å². The SMILES string of the molecule is COC1O[C@H](CO)[C@@H](O)[C@H]1N=[N+]=[N-]. The third-order valence-corrected chi connectivity index (χ3v) is 1.92. The molecule has 0 aromatic carbocycles. The fraction of sp³-hybridized carbons (Fsp3) is 1.00. The van der Waals surface area contributed by atoms with Crippen LogP contribution < -0.4 is 0 Å². The molecule has 0 saturated carbocycles. The lowest BCUT2D eigenvalue weighted by atomic mass is 10.1. The number of hydrogen-bond acceptors (Lipinski definition) is 5. The molecule has 0 radical (unpaired) electrons. The van der Waals surface area contributed by atoms with Crippen molar-refractivity contribution in [2.45, 2.75) is 24.5 Å². The summed E-state index contributed by atoms with van der Waals surface area (Å²) in [5.41, 5.74) is 8.19. The molecular weight excluding hydrogens is 178 g/mol. The summed E-state index contributed by atoms with van der Waals surface area (Å²) < 4.78 is 9.87. The van der Waals surface area contributed by atoms with Crippen molar-refractivity contribution in [3.8, 4) is 0 Å². The van der Waals surface area contributed by atoms with Gasteiger partial charge in [0.1, 0.15) is 12.1 Å². The van der Waals surface area contributed by atoms with Gasteiger partial charge in [-0.3, -0.25) is 0 Å². The first-order valence-electron chi connectivity index (χ1n) is 3.76. The van der Waals surface area contributed by atoms with E-state index in [0.717, 1.165) is 0 Å². The Hall–Kier alpha value is -0.850. The smallest absolute Gasteiger partial charge is 0.168 e. The van der Waals surface area contributed by atoms with Crippen molar-refractivity contribution in [1.29, 1.82) is 0 Å².